The number of benzene rings is 1. The van der Waals surface area contributed by atoms with Crippen LogP contribution >= 0.6 is 0 Å². The van der Waals surface area contributed by atoms with E-state index in [-0.39, 0.29) is 5.95 Å². The van der Waals surface area contributed by atoms with Crippen LogP contribution in [0.5, 0.6) is 0 Å². The topological polar surface area (TPSA) is 76.3 Å². The van der Waals surface area contributed by atoms with Crippen molar-refractivity contribution in [3.63, 3.8) is 0 Å². The molecule has 0 unspecified atom stereocenters. The number of hydrogen-bond donors (Lipinski definition) is 2. The van der Waals surface area contributed by atoms with E-state index in [2.05, 4.69) is 57.3 Å². The largest absolute Gasteiger partial charge is 0.501 e. The van der Waals surface area contributed by atoms with Crippen LogP contribution in [-0.4, -0.2) is 29.0 Å². The van der Waals surface area contributed by atoms with Crippen LogP contribution in [-0.2, 0) is 24.2 Å². The minimum atomic E-state index is 0.207. The number of rotatable bonds is 9. The van der Waals surface area contributed by atoms with Crippen molar-refractivity contribution in [2.75, 3.05) is 25.2 Å². The number of terminal acetylenes is 1. The number of nitrogen functional groups attached to an aromatic ring is 1. The van der Waals surface area contributed by atoms with Gasteiger partial charge in [-0.1, -0.05) is 37.1 Å². The molecule has 1 heterocycles. The zero-order valence-corrected chi connectivity index (χ0v) is 17.6. The van der Waals surface area contributed by atoms with E-state index in [0.717, 1.165) is 24.4 Å². The van der Waals surface area contributed by atoms with Crippen LogP contribution in [0.4, 0.5) is 11.8 Å². The summed E-state index contributed by atoms with van der Waals surface area (Å²) in [4.78, 5) is 10.8. The highest BCUT2D eigenvalue weighted by molar-refractivity contribution is 5.49. The molecule has 0 aliphatic heterocycles. The van der Waals surface area contributed by atoms with Crippen LogP contribution in [0.2, 0.25) is 0 Å². The average molecular weight is 392 g/mol. The molecule has 0 amide bonds. The lowest BCUT2D eigenvalue weighted by molar-refractivity contribution is 0.293. The van der Waals surface area contributed by atoms with Gasteiger partial charge in [0.05, 0.1) is 24.3 Å². The van der Waals surface area contributed by atoms with E-state index in [0.29, 0.717) is 18.1 Å². The second-order valence-electron chi connectivity index (χ2n) is 6.80. The van der Waals surface area contributed by atoms with Gasteiger partial charge in [-0.15, -0.1) is 6.42 Å². The van der Waals surface area contributed by atoms with Gasteiger partial charge in [0.2, 0.25) is 5.95 Å². The van der Waals surface area contributed by atoms with Crippen molar-refractivity contribution in [1.29, 1.82) is 0 Å². The molecule has 0 saturated heterocycles. The van der Waals surface area contributed by atoms with E-state index >= 15 is 0 Å². The molecule has 0 radical (unpaired) electrons. The van der Waals surface area contributed by atoms with Crippen LogP contribution in [0.25, 0.3) is 0 Å². The third-order valence-corrected chi connectivity index (χ3v) is 4.30. The minimum absolute atomic E-state index is 0.207. The summed E-state index contributed by atoms with van der Waals surface area (Å²) in [6.07, 6.45) is 9.86. The van der Waals surface area contributed by atoms with Crippen molar-refractivity contribution >= 4 is 11.8 Å². The fourth-order valence-electron chi connectivity index (χ4n) is 2.82. The van der Waals surface area contributed by atoms with Gasteiger partial charge in [-0.05, 0) is 37.6 Å². The molecule has 3 N–H and O–H groups in total. The predicted octanol–water partition coefficient (Wildman–Crippen LogP) is 3.73. The van der Waals surface area contributed by atoms with Gasteiger partial charge in [-0.3, -0.25) is 4.90 Å². The molecule has 6 heteroatoms. The summed E-state index contributed by atoms with van der Waals surface area (Å²) in [5.41, 5.74) is 10.0. The Morgan fingerprint density at radius 2 is 1.93 bits per heavy atom. The number of aryl methyl sites for hydroxylation is 1. The summed E-state index contributed by atoms with van der Waals surface area (Å²) in [6, 6.07) is 10.5. The number of hydrogen-bond acceptors (Lipinski definition) is 6. The fraction of sp³-hybridized carbons (Fsp3) is 0.304. The maximum Gasteiger partial charge on any atom is 0.222 e. The number of nitrogens with two attached hydrogens (primary N) is 1. The van der Waals surface area contributed by atoms with E-state index < -0.39 is 0 Å². The standard InChI is InChI=1S/C23H29N5O/c1-6-8-20(13-17(3)29-5)25-22-14-21(26-23(24)27-22)16-28(4)15-19-11-9-18(7-2)10-12-19/h1,8-14H,7,15-16H2,2-5H3,(H3,24,25,26,27)/b17-13+,20-8+. The number of ether oxygens (including phenoxy) is 1. The molecule has 29 heavy (non-hydrogen) atoms. The normalized spacial score (nSPS) is 12.0. The summed E-state index contributed by atoms with van der Waals surface area (Å²) in [7, 11) is 3.65. The monoisotopic (exact) mass is 391 g/mol. The van der Waals surface area contributed by atoms with Gasteiger partial charge in [0.25, 0.3) is 0 Å². The third kappa shape index (κ3) is 7.32. The van der Waals surface area contributed by atoms with Crippen LogP contribution in [0, 0.1) is 12.3 Å². The fourth-order valence-corrected chi connectivity index (χ4v) is 2.82. The zero-order chi connectivity index (χ0) is 21.2. The SMILES string of the molecule is C#C/C=C(\C=C(/C)OC)Nc1cc(CN(C)Cc2ccc(CC)cc2)nc(N)n1. The number of nitrogens with zero attached hydrogens (tertiary/aromatic N) is 3. The molecule has 0 atom stereocenters. The summed E-state index contributed by atoms with van der Waals surface area (Å²) in [5.74, 6) is 4.01. The number of allylic oxidation sites excluding steroid dienone is 3. The second kappa shape index (κ2) is 10.9. The Hall–Kier alpha value is -3.30. The first-order valence-corrected chi connectivity index (χ1v) is 9.49. The molecule has 0 aliphatic rings. The lowest BCUT2D eigenvalue weighted by atomic mass is 10.1. The predicted molar refractivity (Wildman–Crippen MR) is 119 cm³/mol. The molecule has 1 aromatic heterocycles. The van der Waals surface area contributed by atoms with Crippen molar-refractivity contribution in [1.82, 2.24) is 14.9 Å². The summed E-state index contributed by atoms with van der Waals surface area (Å²) < 4.78 is 5.18. The first kappa shape index (κ1) is 22.0. The van der Waals surface area contributed by atoms with E-state index in [1.165, 1.54) is 11.1 Å². The number of anilines is 2. The molecule has 2 aromatic rings. The van der Waals surface area contributed by atoms with Gasteiger partial charge < -0.3 is 15.8 Å². The number of methoxy groups -OCH3 is 1. The summed E-state index contributed by atoms with van der Waals surface area (Å²) in [5, 5.41) is 3.17. The molecular weight excluding hydrogens is 362 g/mol. The van der Waals surface area contributed by atoms with Gasteiger partial charge in [-0.25, -0.2) is 4.98 Å². The molecule has 0 fully saturated rings. The van der Waals surface area contributed by atoms with Crippen molar-refractivity contribution in [3.05, 3.63) is 70.8 Å². The van der Waals surface area contributed by atoms with Gasteiger partial charge >= 0.3 is 0 Å². The Kier molecular flexibility index (Phi) is 8.26. The van der Waals surface area contributed by atoms with Crippen molar-refractivity contribution in [3.8, 4) is 12.3 Å². The van der Waals surface area contributed by atoms with E-state index in [4.69, 9.17) is 16.9 Å². The van der Waals surface area contributed by atoms with Gasteiger partial charge in [-0.2, -0.15) is 4.98 Å². The maximum atomic E-state index is 5.92. The lowest BCUT2D eigenvalue weighted by Gasteiger charge is -2.17. The molecule has 0 bridgehead atoms. The average Bonchev–Trinajstić information content (AvgIpc) is 2.68. The summed E-state index contributed by atoms with van der Waals surface area (Å²) >= 11 is 0. The van der Waals surface area contributed by atoms with Crippen LogP contribution in [0.3, 0.4) is 0 Å². The van der Waals surface area contributed by atoms with E-state index in [1.807, 2.05) is 20.0 Å². The lowest BCUT2D eigenvalue weighted by Crippen LogP contribution is -2.19. The molecule has 0 saturated carbocycles. The number of nitrogens with one attached hydrogen (secondary N) is 1. The highest BCUT2D eigenvalue weighted by Gasteiger charge is 2.08. The minimum Gasteiger partial charge on any atom is -0.501 e. The molecule has 152 valence electrons. The van der Waals surface area contributed by atoms with Crippen molar-refractivity contribution in [2.24, 2.45) is 0 Å². The molecule has 1 aromatic carbocycles. The Morgan fingerprint density at radius 1 is 1.24 bits per heavy atom. The van der Waals surface area contributed by atoms with Crippen LogP contribution in [0.15, 0.2) is 53.9 Å². The molecular formula is C23H29N5O. The second-order valence-corrected chi connectivity index (χ2v) is 6.80. The summed E-state index contributed by atoms with van der Waals surface area (Å²) in [6.45, 7) is 5.45. The van der Waals surface area contributed by atoms with Gasteiger partial charge in [0.15, 0.2) is 0 Å². The zero-order valence-electron chi connectivity index (χ0n) is 17.6. The van der Waals surface area contributed by atoms with Gasteiger partial charge in [0.1, 0.15) is 5.82 Å². The quantitative estimate of drug-likeness (QED) is 0.385. The highest BCUT2D eigenvalue weighted by Crippen LogP contribution is 2.15. The Morgan fingerprint density at radius 3 is 2.55 bits per heavy atom. The Labute approximate surface area is 173 Å². The van der Waals surface area contributed by atoms with E-state index in [9.17, 15) is 0 Å². The first-order chi connectivity index (χ1) is 13.9. The molecule has 6 nitrogen and oxygen atoms in total. The molecule has 0 aliphatic carbocycles. The molecule has 2 rings (SSSR count). The Bertz CT molecular complexity index is 910. The highest BCUT2D eigenvalue weighted by atomic mass is 16.5. The number of aromatic nitrogens is 2. The Balaban J connectivity index is 2.10. The van der Waals surface area contributed by atoms with Crippen LogP contribution in [0.1, 0.15) is 30.7 Å². The molecule has 0 spiro atoms. The van der Waals surface area contributed by atoms with Crippen molar-refractivity contribution < 1.29 is 4.74 Å². The van der Waals surface area contributed by atoms with E-state index in [1.54, 1.807) is 19.3 Å². The first-order valence-electron chi connectivity index (χ1n) is 9.49. The van der Waals surface area contributed by atoms with Gasteiger partial charge in [0, 0.05) is 25.2 Å². The van der Waals surface area contributed by atoms with Crippen LogP contribution < -0.4 is 11.1 Å². The maximum absolute atomic E-state index is 5.92. The third-order valence-electron chi connectivity index (χ3n) is 4.30. The van der Waals surface area contributed by atoms with Crippen molar-refractivity contribution in [2.45, 2.75) is 33.4 Å². The smallest absolute Gasteiger partial charge is 0.222 e.